The Morgan fingerprint density at radius 1 is 1.05 bits per heavy atom. The van der Waals surface area contributed by atoms with Gasteiger partial charge in [0.2, 0.25) is 6.17 Å². The molecule has 3 aromatic heterocycles. The molecule has 2 N–H and O–H groups in total. The maximum Gasteiger partial charge on any atom is 0.269 e. The van der Waals surface area contributed by atoms with Gasteiger partial charge in [0.05, 0.1) is 11.4 Å². The third-order valence-corrected chi connectivity index (χ3v) is 6.72. The van der Waals surface area contributed by atoms with Gasteiger partial charge in [-0.05, 0) is 37.6 Å². The van der Waals surface area contributed by atoms with Crippen molar-refractivity contribution in [3.8, 4) is 11.3 Å². The Balaban J connectivity index is 1.45. The number of nitrogens with one attached hydrogen (secondary N) is 2. The Morgan fingerprint density at radius 2 is 1.88 bits per heavy atom. The van der Waals surface area contributed by atoms with Crippen molar-refractivity contribution >= 4 is 28.9 Å². The van der Waals surface area contributed by atoms with Gasteiger partial charge < -0.3 is 10.6 Å². The Morgan fingerprint density at radius 3 is 2.65 bits per heavy atom. The molecular formula is C30H24FN7O2. The van der Waals surface area contributed by atoms with Crippen molar-refractivity contribution in [2.24, 2.45) is 4.99 Å². The number of carbonyl (C=O) groups is 2. The molecule has 0 bridgehead atoms. The Hall–Kier alpha value is -5.25. The molecule has 1 aliphatic rings. The molecule has 5 aromatic rings. The molecule has 0 spiro atoms. The largest absolute Gasteiger partial charge is 0.322 e. The van der Waals surface area contributed by atoms with Crippen molar-refractivity contribution < 1.29 is 14.0 Å². The van der Waals surface area contributed by atoms with Crippen LogP contribution in [0.2, 0.25) is 0 Å². The van der Waals surface area contributed by atoms with Crippen LogP contribution in [0.3, 0.4) is 0 Å². The van der Waals surface area contributed by atoms with Gasteiger partial charge in [-0.25, -0.2) is 18.9 Å². The number of aromatic nitrogens is 4. The normalized spacial score (nSPS) is 14.7. The Kier molecular flexibility index (Phi) is 6.35. The standard InChI is InChI=1S/C30H24FN7O2/c1-3-19-13-14-20(17(2)33-19)26-23(28-32-15-8-16-38(28)37-26)29(39)36-27-30(40)35-25-21(11-7-12-22(25)31)24(34-27)18-9-5-4-6-10-18/h4-16,27H,3H2,1-2H3,(H,35,40)(H,36,39)/t27-/m1/s1. The van der Waals surface area contributed by atoms with Crippen molar-refractivity contribution in [1.82, 2.24) is 24.9 Å². The van der Waals surface area contributed by atoms with E-state index >= 15 is 0 Å². The minimum Gasteiger partial charge on any atom is -0.322 e. The quantitative estimate of drug-likeness (QED) is 0.349. The van der Waals surface area contributed by atoms with E-state index in [1.807, 2.05) is 56.3 Å². The number of rotatable bonds is 5. The number of anilines is 1. The Bertz CT molecular complexity index is 1810. The summed E-state index contributed by atoms with van der Waals surface area (Å²) in [5.74, 6) is -1.89. The predicted molar refractivity (Wildman–Crippen MR) is 149 cm³/mol. The van der Waals surface area contributed by atoms with E-state index in [4.69, 9.17) is 0 Å². The molecule has 0 saturated carbocycles. The zero-order valence-electron chi connectivity index (χ0n) is 21.7. The number of hydrogen-bond acceptors (Lipinski definition) is 6. The van der Waals surface area contributed by atoms with Crippen LogP contribution < -0.4 is 10.6 Å². The van der Waals surface area contributed by atoms with Gasteiger partial charge in [-0.1, -0.05) is 49.4 Å². The summed E-state index contributed by atoms with van der Waals surface area (Å²) in [4.78, 5) is 40.9. The topological polar surface area (TPSA) is 114 Å². The maximum atomic E-state index is 14.9. The number of hydrogen-bond donors (Lipinski definition) is 2. The second kappa shape index (κ2) is 10.1. The van der Waals surface area contributed by atoms with Crippen LogP contribution in [0.15, 0.2) is 84.1 Å². The second-order valence-electron chi connectivity index (χ2n) is 9.27. The monoisotopic (exact) mass is 533 g/mol. The molecule has 1 aliphatic heterocycles. The van der Waals surface area contributed by atoms with Crippen LogP contribution in [0.5, 0.6) is 0 Å². The van der Waals surface area contributed by atoms with Crippen molar-refractivity contribution in [3.05, 3.63) is 113 Å². The van der Waals surface area contributed by atoms with E-state index in [1.165, 1.54) is 10.6 Å². The van der Waals surface area contributed by atoms with Crippen LogP contribution in [0, 0.1) is 12.7 Å². The van der Waals surface area contributed by atoms with Crippen molar-refractivity contribution in [3.63, 3.8) is 0 Å². The SMILES string of the molecule is CCc1ccc(-c2nn3cccnc3c2C(=O)N[C@H]2N=C(c3ccccc3)c3cccc(F)c3NC2=O)c(C)n1. The number of aliphatic imine (C=N–C) groups is 1. The highest BCUT2D eigenvalue weighted by molar-refractivity contribution is 6.20. The number of benzodiazepines with no additional fused rings is 1. The fourth-order valence-electron chi connectivity index (χ4n) is 4.76. The summed E-state index contributed by atoms with van der Waals surface area (Å²) in [5, 5.41) is 9.97. The number of nitrogens with zero attached hydrogens (tertiary/aromatic N) is 5. The van der Waals surface area contributed by atoms with E-state index in [-0.39, 0.29) is 11.3 Å². The molecule has 1 atom stereocenters. The third-order valence-electron chi connectivity index (χ3n) is 6.72. The molecule has 9 nitrogen and oxygen atoms in total. The summed E-state index contributed by atoms with van der Waals surface area (Å²) in [6.45, 7) is 3.87. The van der Waals surface area contributed by atoms with Crippen LogP contribution >= 0.6 is 0 Å². The van der Waals surface area contributed by atoms with Gasteiger partial charge in [-0.3, -0.25) is 14.6 Å². The number of fused-ring (bicyclic) bond motifs is 2. The minimum absolute atomic E-state index is 0.00269. The summed E-state index contributed by atoms with van der Waals surface area (Å²) in [5.41, 5.74) is 4.60. The van der Waals surface area contributed by atoms with E-state index in [0.717, 1.165) is 12.1 Å². The summed E-state index contributed by atoms with van der Waals surface area (Å²) in [6.07, 6.45) is 2.66. The molecule has 0 aliphatic carbocycles. The van der Waals surface area contributed by atoms with E-state index in [9.17, 15) is 14.0 Å². The first-order valence-corrected chi connectivity index (χ1v) is 12.8. The summed E-state index contributed by atoms with van der Waals surface area (Å²) in [6, 6.07) is 19.1. The molecule has 2 amide bonds. The van der Waals surface area contributed by atoms with E-state index in [0.29, 0.717) is 39.4 Å². The lowest BCUT2D eigenvalue weighted by Gasteiger charge is -2.14. The molecule has 40 heavy (non-hydrogen) atoms. The van der Waals surface area contributed by atoms with Gasteiger partial charge in [-0.15, -0.1) is 0 Å². The fourth-order valence-corrected chi connectivity index (χ4v) is 4.76. The number of carbonyl (C=O) groups excluding carboxylic acids is 2. The number of amides is 2. The van der Waals surface area contributed by atoms with Crippen LogP contribution in [0.4, 0.5) is 10.1 Å². The first-order valence-electron chi connectivity index (χ1n) is 12.8. The molecule has 10 heteroatoms. The summed E-state index contributed by atoms with van der Waals surface area (Å²) >= 11 is 0. The number of aryl methyl sites for hydroxylation is 2. The highest BCUT2D eigenvalue weighted by Gasteiger charge is 2.31. The maximum absolute atomic E-state index is 14.9. The Labute approximate surface area is 228 Å². The lowest BCUT2D eigenvalue weighted by Crippen LogP contribution is -2.42. The van der Waals surface area contributed by atoms with Crippen LogP contribution in [-0.2, 0) is 11.2 Å². The molecule has 0 saturated heterocycles. The molecular weight excluding hydrogens is 509 g/mol. The van der Waals surface area contributed by atoms with Gasteiger partial charge in [0, 0.05) is 40.5 Å². The zero-order chi connectivity index (χ0) is 27.8. The van der Waals surface area contributed by atoms with E-state index in [2.05, 4.69) is 30.7 Å². The van der Waals surface area contributed by atoms with Gasteiger partial charge in [0.25, 0.3) is 11.8 Å². The van der Waals surface area contributed by atoms with E-state index < -0.39 is 23.8 Å². The molecule has 0 fully saturated rings. The van der Waals surface area contributed by atoms with Crippen molar-refractivity contribution in [2.45, 2.75) is 26.4 Å². The lowest BCUT2D eigenvalue weighted by atomic mass is 10.0. The van der Waals surface area contributed by atoms with Gasteiger partial charge >= 0.3 is 0 Å². The summed E-state index contributed by atoms with van der Waals surface area (Å²) in [7, 11) is 0. The highest BCUT2D eigenvalue weighted by atomic mass is 19.1. The molecule has 198 valence electrons. The molecule has 0 radical (unpaired) electrons. The van der Waals surface area contributed by atoms with Crippen molar-refractivity contribution in [2.75, 3.05) is 5.32 Å². The number of pyridine rings is 1. The molecule has 2 aromatic carbocycles. The molecule has 4 heterocycles. The van der Waals surface area contributed by atoms with Crippen LogP contribution in [0.25, 0.3) is 16.9 Å². The molecule has 6 rings (SSSR count). The van der Waals surface area contributed by atoms with Crippen LogP contribution in [0.1, 0.15) is 39.8 Å². The number of para-hydroxylation sites is 1. The van der Waals surface area contributed by atoms with E-state index in [1.54, 1.807) is 30.6 Å². The first-order chi connectivity index (χ1) is 19.4. The van der Waals surface area contributed by atoms with Gasteiger partial charge in [0.15, 0.2) is 5.65 Å². The minimum atomic E-state index is -1.36. The number of benzene rings is 2. The van der Waals surface area contributed by atoms with Crippen molar-refractivity contribution in [1.29, 1.82) is 0 Å². The smallest absolute Gasteiger partial charge is 0.269 e. The zero-order valence-corrected chi connectivity index (χ0v) is 21.7. The lowest BCUT2D eigenvalue weighted by molar-refractivity contribution is -0.117. The third kappa shape index (κ3) is 4.39. The second-order valence-corrected chi connectivity index (χ2v) is 9.27. The average molecular weight is 534 g/mol. The average Bonchev–Trinajstić information content (AvgIpc) is 3.29. The van der Waals surface area contributed by atoms with Gasteiger partial charge in [-0.2, -0.15) is 5.10 Å². The number of halogens is 1. The molecule has 0 unspecified atom stereocenters. The fraction of sp³-hybridized carbons (Fsp3) is 0.133. The summed E-state index contributed by atoms with van der Waals surface area (Å²) < 4.78 is 16.4. The van der Waals surface area contributed by atoms with Crippen LogP contribution in [-0.4, -0.2) is 43.3 Å². The highest BCUT2D eigenvalue weighted by Crippen LogP contribution is 2.29. The van der Waals surface area contributed by atoms with Gasteiger partial charge in [0.1, 0.15) is 17.1 Å². The predicted octanol–water partition coefficient (Wildman–Crippen LogP) is 4.35. The first kappa shape index (κ1) is 25.1.